The van der Waals surface area contributed by atoms with E-state index in [9.17, 15) is 29.1 Å². The molecule has 0 bridgehead atoms. The second-order valence-corrected chi connectivity index (χ2v) is 8.70. The Kier molecular flexibility index (Phi) is 12.5. The second kappa shape index (κ2) is 13.7. The number of hydrogen-bond donors (Lipinski definition) is 6. The van der Waals surface area contributed by atoms with Gasteiger partial charge in [-0.25, -0.2) is 4.79 Å². The van der Waals surface area contributed by atoms with E-state index in [0.29, 0.717) is 6.42 Å². The third-order valence-electron chi connectivity index (χ3n) is 5.32. The first kappa shape index (κ1) is 29.3. The molecule has 0 spiro atoms. The number of carbonyl (C=O) groups is 5. The number of aliphatic carboxylic acids is 2. The van der Waals surface area contributed by atoms with Gasteiger partial charge in [0.25, 0.3) is 0 Å². The Labute approximate surface area is 188 Å². The Morgan fingerprint density at radius 2 is 1.28 bits per heavy atom. The maximum absolute atomic E-state index is 12.9. The molecule has 0 aromatic rings. The van der Waals surface area contributed by atoms with Gasteiger partial charge in [-0.2, -0.15) is 0 Å². The maximum Gasteiger partial charge on any atom is 0.326 e. The third kappa shape index (κ3) is 9.63. The standard InChI is InChI=1S/C21H38N4O7/c1-7-12(6)17(20(30)23-13(21(31)32)8-9-14(26)27)25-19(29)16(11(4)5)24-18(28)15(22)10(2)3/h10-13,15-17H,7-9,22H2,1-6H3,(H,23,30)(H,24,28)(H,25,29)(H,26,27)(H,31,32). The van der Waals surface area contributed by atoms with E-state index in [-0.39, 0.29) is 24.2 Å². The number of hydrogen-bond acceptors (Lipinski definition) is 6. The molecule has 0 rings (SSSR count). The van der Waals surface area contributed by atoms with E-state index in [1.165, 1.54) is 0 Å². The lowest BCUT2D eigenvalue weighted by atomic mass is 9.95. The van der Waals surface area contributed by atoms with Crippen molar-refractivity contribution in [2.75, 3.05) is 0 Å². The molecule has 5 atom stereocenters. The Morgan fingerprint density at radius 1 is 0.781 bits per heavy atom. The number of nitrogens with two attached hydrogens (primary N) is 1. The van der Waals surface area contributed by atoms with Crippen molar-refractivity contribution in [3.8, 4) is 0 Å². The molecule has 0 aliphatic rings. The van der Waals surface area contributed by atoms with Gasteiger partial charge in [-0.1, -0.05) is 48.0 Å². The van der Waals surface area contributed by atoms with E-state index < -0.39 is 60.2 Å². The van der Waals surface area contributed by atoms with Crippen molar-refractivity contribution in [2.45, 2.75) is 85.0 Å². The van der Waals surface area contributed by atoms with E-state index >= 15 is 0 Å². The van der Waals surface area contributed by atoms with Crippen LogP contribution in [-0.2, 0) is 24.0 Å². The number of carbonyl (C=O) groups excluding carboxylic acids is 3. The zero-order chi connectivity index (χ0) is 25.2. The SMILES string of the molecule is CCC(C)C(NC(=O)C(NC(=O)C(N)C(C)C)C(C)C)C(=O)NC(CCC(=O)O)C(=O)O. The van der Waals surface area contributed by atoms with Gasteiger partial charge in [0.1, 0.15) is 18.1 Å². The number of rotatable bonds is 14. The van der Waals surface area contributed by atoms with Crippen LogP contribution in [0.5, 0.6) is 0 Å². The Balaban J connectivity index is 5.50. The molecule has 0 heterocycles. The lowest BCUT2D eigenvalue weighted by Crippen LogP contribution is -2.60. The molecule has 5 unspecified atom stereocenters. The Hall–Kier alpha value is -2.69. The van der Waals surface area contributed by atoms with Crippen LogP contribution in [0.25, 0.3) is 0 Å². The number of carboxylic acids is 2. The summed E-state index contributed by atoms with van der Waals surface area (Å²) in [6.45, 7) is 10.5. The number of nitrogens with one attached hydrogen (secondary N) is 3. The minimum atomic E-state index is -1.41. The fourth-order valence-corrected chi connectivity index (χ4v) is 2.82. The molecule has 0 aromatic heterocycles. The Morgan fingerprint density at radius 3 is 1.69 bits per heavy atom. The van der Waals surface area contributed by atoms with Crippen LogP contribution in [0.15, 0.2) is 0 Å². The average molecular weight is 459 g/mol. The summed E-state index contributed by atoms with van der Waals surface area (Å²) in [6.07, 6.45) is -0.229. The first-order chi connectivity index (χ1) is 14.7. The number of carboxylic acid groups (broad SMARTS) is 2. The highest BCUT2D eigenvalue weighted by Gasteiger charge is 2.34. The molecule has 11 heteroatoms. The summed E-state index contributed by atoms with van der Waals surface area (Å²) in [5.74, 6) is -5.17. The lowest BCUT2D eigenvalue weighted by Gasteiger charge is -2.29. The molecule has 32 heavy (non-hydrogen) atoms. The molecule has 0 saturated carbocycles. The van der Waals surface area contributed by atoms with Crippen LogP contribution in [-0.4, -0.2) is 64.0 Å². The molecule has 7 N–H and O–H groups in total. The molecule has 0 aliphatic heterocycles. The molecule has 184 valence electrons. The van der Waals surface area contributed by atoms with Gasteiger partial charge in [-0.15, -0.1) is 0 Å². The van der Waals surface area contributed by atoms with E-state index in [0.717, 1.165) is 0 Å². The topological polar surface area (TPSA) is 188 Å². The second-order valence-electron chi connectivity index (χ2n) is 8.70. The van der Waals surface area contributed by atoms with Crippen LogP contribution in [0.1, 0.15) is 60.8 Å². The highest BCUT2D eigenvalue weighted by molar-refractivity contribution is 5.94. The lowest BCUT2D eigenvalue weighted by molar-refractivity contribution is -0.143. The highest BCUT2D eigenvalue weighted by atomic mass is 16.4. The van der Waals surface area contributed by atoms with Crippen LogP contribution in [0.3, 0.4) is 0 Å². The Bertz CT molecular complexity index is 681. The summed E-state index contributed by atoms with van der Waals surface area (Å²) in [4.78, 5) is 60.3. The predicted octanol–water partition coefficient (Wildman–Crippen LogP) is 0.0756. The van der Waals surface area contributed by atoms with Gasteiger partial charge in [0.2, 0.25) is 17.7 Å². The minimum Gasteiger partial charge on any atom is -0.481 e. The minimum absolute atomic E-state index is 0.136. The van der Waals surface area contributed by atoms with Crippen molar-refractivity contribution in [2.24, 2.45) is 23.5 Å². The third-order valence-corrected chi connectivity index (χ3v) is 5.32. The predicted molar refractivity (Wildman–Crippen MR) is 117 cm³/mol. The summed E-state index contributed by atoms with van der Waals surface area (Å²) in [6, 6.07) is -4.24. The maximum atomic E-state index is 12.9. The molecule has 0 radical (unpaired) electrons. The van der Waals surface area contributed by atoms with Crippen LogP contribution in [0.4, 0.5) is 0 Å². The molecular formula is C21H38N4O7. The smallest absolute Gasteiger partial charge is 0.326 e. The molecule has 0 aromatic carbocycles. The van der Waals surface area contributed by atoms with Crippen molar-refractivity contribution in [3.05, 3.63) is 0 Å². The van der Waals surface area contributed by atoms with E-state index in [2.05, 4.69) is 16.0 Å². The zero-order valence-electron chi connectivity index (χ0n) is 19.7. The van der Waals surface area contributed by atoms with Crippen LogP contribution in [0, 0.1) is 17.8 Å². The molecule has 0 saturated heterocycles. The monoisotopic (exact) mass is 458 g/mol. The van der Waals surface area contributed by atoms with Gasteiger partial charge in [0.05, 0.1) is 6.04 Å². The van der Waals surface area contributed by atoms with Gasteiger partial charge in [-0.05, 0) is 24.2 Å². The molecule has 11 nitrogen and oxygen atoms in total. The summed E-state index contributed by atoms with van der Waals surface area (Å²) < 4.78 is 0. The fraction of sp³-hybridized carbons (Fsp3) is 0.762. The van der Waals surface area contributed by atoms with Crippen LogP contribution < -0.4 is 21.7 Å². The quantitative estimate of drug-likeness (QED) is 0.211. The molecule has 0 fully saturated rings. The summed E-state index contributed by atoms with van der Waals surface area (Å²) in [5.41, 5.74) is 5.86. The van der Waals surface area contributed by atoms with Crippen LogP contribution >= 0.6 is 0 Å². The van der Waals surface area contributed by atoms with E-state index in [1.807, 2.05) is 0 Å². The van der Waals surface area contributed by atoms with Crippen molar-refractivity contribution in [3.63, 3.8) is 0 Å². The number of amides is 3. The van der Waals surface area contributed by atoms with Gasteiger partial charge in [-0.3, -0.25) is 19.2 Å². The normalized spacial score (nSPS) is 15.9. The van der Waals surface area contributed by atoms with Crippen LogP contribution in [0.2, 0.25) is 0 Å². The van der Waals surface area contributed by atoms with E-state index in [4.69, 9.17) is 10.8 Å². The summed E-state index contributed by atoms with van der Waals surface area (Å²) in [7, 11) is 0. The molecule has 0 aliphatic carbocycles. The fourth-order valence-electron chi connectivity index (χ4n) is 2.82. The van der Waals surface area contributed by atoms with Crippen molar-refractivity contribution < 1.29 is 34.2 Å². The van der Waals surface area contributed by atoms with Gasteiger partial charge >= 0.3 is 11.9 Å². The molecular weight excluding hydrogens is 420 g/mol. The summed E-state index contributed by atoms with van der Waals surface area (Å²) >= 11 is 0. The van der Waals surface area contributed by atoms with Crippen molar-refractivity contribution in [1.29, 1.82) is 0 Å². The zero-order valence-corrected chi connectivity index (χ0v) is 19.7. The summed E-state index contributed by atoms with van der Waals surface area (Å²) in [5, 5.41) is 25.6. The first-order valence-corrected chi connectivity index (χ1v) is 10.8. The van der Waals surface area contributed by atoms with Gasteiger partial charge < -0.3 is 31.9 Å². The van der Waals surface area contributed by atoms with Crippen molar-refractivity contribution >= 4 is 29.7 Å². The largest absolute Gasteiger partial charge is 0.481 e. The van der Waals surface area contributed by atoms with E-state index in [1.54, 1.807) is 41.5 Å². The van der Waals surface area contributed by atoms with Gasteiger partial charge in [0.15, 0.2) is 0 Å². The van der Waals surface area contributed by atoms with Gasteiger partial charge in [0, 0.05) is 6.42 Å². The highest BCUT2D eigenvalue weighted by Crippen LogP contribution is 2.12. The first-order valence-electron chi connectivity index (χ1n) is 10.8. The average Bonchev–Trinajstić information content (AvgIpc) is 2.70. The van der Waals surface area contributed by atoms with Crippen molar-refractivity contribution in [1.82, 2.24) is 16.0 Å². The molecule has 3 amide bonds.